The van der Waals surface area contributed by atoms with E-state index in [4.69, 9.17) is 0 Å². The zero-order valence-electron chi connectivity index (χ0n) is 14.5. The molecule has 0 saturated carbocycles. The number of allylic oxidation sites excluding steroid dienone is 3. The van der Waals surface area contributed by atoms with Crippen LogP contribution in [0.4, 0.5) is 0 Å². The Labute approximate surface area is 132 Å². The predicted molar refractivity (Wildman–Crippen MR) is 98.6 cm³/mol. The van der Waals surface area contributed by atoms with Crippen molar-refractivity contribution in [2.24, 2.45) is 11.8 Å². The minimum Gasteiger partial charge on any atom is -0.295 e. The minimum absolute atomic E-state index is 0.370. The molecule has 0 aliphatic heterocycles. The molecule has 21 heavy (non-hydrogen) atoms. The highest BCUT2D eigenvalue weighted by Gasteiger charge is 2.34. The van der Waals surface area contributed by atoms with Crippen LogP contribution >= 0.6 is 0 Å². The van der Waals surface area contributed by atoms with Crippen molar-refractivity contribution in [1.82, 2.24) is 0 Å². The van der Waals surface area contributed by atoms with Crippen LogP contribution in [0.3, 0.4) is 0 Å². The van der Waals surface area contributed by atoms with Crippen LogP contribution in [0.25, 0.3) is 0 Å². The molecule has 0 bridgehead atoms. The van der Waals surface area contributed by atoms with Crippen molar-refractivity contribution in [2.75, 3.05) is 0 Å². The van der Waals surface area contributed by atoms with Crippen LogP contribution in [0, 0.1) is 23.3 Å². The Morgan fingerprint density at radius 3 is 2.38 bits per heavy atom. The molecule has 1 nitrogen and oxygen atoms in total. The van der Waals surface area contributed by atoms with Crippen molar-refractivity contribution >= 4 is 21.9 Å². The standard InChI is InChI=1S/C18H30OSi2/c1-8-10-15-14-18(21(5,6)7)17(19)13-16(15)11-9-12-20(2,3)4/h8,14-16H,1,10-11,13H2,2-7H3/t15-,16-/m0/s1. The largest absolute Gasteiger partial charge is 0.295 e. The van der Waals surface area contributed by atoms with Crippen LogP contribution in [-0.2, 0) is 4.79 Å². The van der Waals surface area contributed by atoms with E-state index in [1.807, 2.05) is 6.08 Å². The fourth-order valence-corrected chi connectivity index (χ4v) is 5.02. The maximum atomic E-state index is 12.5. The van der Waals surface area contributed by atoms with Gasteiger partial charge in [0, 0.05) is 12.8 Å². The van der Waals surface area contributed by atoms with Gasteiger partial charge in [-0.25, -0.2) is 0 Å². The number of ketones is 1. The third kappa shape index (κ3) is 5.80. The monoisotopic (exact) mass is 318 g/mol. The molecule has 0 aromatic rings. The van der Waals surface area contributed by atoms with Gasteiger partial charge in [0.05, 0.1) is 8.07 Å². The Balaban J connectivity index is 2.96. The lowest BCUT2D eigenvalue weighted by molar-refractivity contribution is -0.116. The van der Waals surface area contributed by atoms with Gasteiger partial charge in [0.25, 0.3) is 0 Å². The number of Topliss-reactive ketones (excluding diaryl/α,β-unsaturated/α-hetero) is 1. The van der Waals surface area contributed by atoms with Gasteiger partial charge >= 0.3 is 0 Å². The van der Waals surface area contributed by atoms with Gasteiger partial charge in [-0.15, -0.1) is 18.0 Å². The molecule has 1 aliphatic carbocycles. The van der Waals surface area contributed by atoms with Crippen molar-refractivity contribution in [1.29, 1.82) is 0 Å². The third-order valence-electron chi connectivity index (χ3n) is 3.81. The number of carbonyl (C=O) groups excluding carboxylic acids is 1. The molecule has 0 aromatic carbocycles. The predicted octanol–water partition coefficient (Wildman–Crippen LogP) is 4.84. The Morgan fingerprint density at radius 1 is 1.29 bits per heavy atom. The average molecular weight is 319 g/mol. The van der Waals surface area contributed by atoms with Gasteiger partial charge in [-0.3, -0.25) is 4.79 Å². The Morgan fingerprint density at radius 2 is 1.90 bits per heavy atom. The maximum Gasteiger partial charge on any atom is 0.154 e. The lowest BCUT2D eigenvalue weighted by Crippen LogP contribution is -2.35. The lowest BCUT2D eigenvalue weighted by atomic mass is 9.79. The highest BCUT2D eigenvalue weighted by molar-refractivity contribution is 6.87. The molecule has 0 fully saturated rings. The topological polar surface area (TPSA) is 17.1 Å². The Bertz CT molecular complexity index is 492. The summed E-state index contributed by atoms with van der Waals surface area (Å²) in [4.78, 5) is 12.5. The van der Waals surface area contributed by atoms with Crippen LogP contribution in [0.2, 0.25) is 39.3 Å². The summed E-state index contributed by atoms with van der Waals surface area (Å²) < 4.78 is 0. The summed E-state index contributed by atoms with van der Waals surface area (Å²) in [6, 6.07) is 0. The number of hydrogen-bond acceptors (Lipinski definition) is 1. The quantitative estimate of drug-likeness (QED) is 0.412. The van der Waals surface area contributed by atoms with Gasteiger partial charge in [0.15, 0.2) is 5.78 Å². The van der Waals surface area contributed by atoms with Crippen molar-refractivity contribution in [3.8, 4) is 11.5 Å². The van der Waals surface area contributed by atoms with Crippen LogP contribution in [0.15, 0.2) is 23.9 Å². The van der Waals surface area contributed by atoms with Crippen LogP contribution in [-0.4, -0.2) is 21.9 Å². The Kier molecular flexibility index (Phi) is 6.01. The maximum absolute atomic E-state index is 12.5. The molecular weight excluding hydrogens is 288 g/mol. The molecule has 1 rings (SSSR count). The molecule has 0 N–H and O–H groups in total. The van der Waals surface area contributed by atoms with E-state index in [-0.39, 0.29) is 0 Å². The van der Waals surface area contributed by atoms with Gasteiger partial charge in [-0.2, -0.15) is 0 Å². The normalized spacial score (nSPS) is 23.1. The van der Waals surface area contributed by atoms with Gasteiger partial charge in [0.1, 0.15) is 8.07 Å². The second-order valence-corrected chi connectivity index (χ2v) is 18.0. The van der Waals surface area contributed by atoms with E-state index >= 15 is 0 Å². The first-order chi connectivity index (χ1) is 9.54. The van der Waals surface area contributed by atoms with E-state index in [0.29, 0.717) is 24.0 Å². The molecule has 0 spiro atoms. The smallest absolute Gasteiger partial charge is 0.154 e. The van der Waals surface area contributed by atoms with Gasteiger partial charge < -0.3 is 0 Å². The van der Waals surface area contributed by atoms with E-state index in [2.05, 4.69) is 63.4 Å². The highest BCUT2D eigenvalue weighted by atomic mass is 28.3. The third-order valence-corrected chi connectivity index (χ3v) is 6.80. The first-order valence-corrected chi connectivity index (χ1v) is 14.9. The van der Waals surface area contributed by atoms with Crippen molar-refractivity contribution in [3.05, 3.63) is 23.9 Å². The summed E-state index contributed by atoms with van der Waals surface area (Å²) in [5.41, 5.74) is 3.43. The summed E-state index contributed by atoms with van der Waals surface area (Å²) >= 11 is 0. The summed E-state index contributed by atoms with van der Waals surface area (Å²) in [6.45, 7) is 17.4. The first kappa shape index (κ1) is 18.2. The average Bonchev–Trinajstić information content (AvgIpc) is 2.29. The highest BCUT2D eigenvalue weighted by Crippen LogP contribution is 2.34. The minimum atomic E-state index is -1.53. The molecule has 1 aliphatic rings. The zero-order chi connectivity index (χ0) is 16.3. The van der Waals surface area contributed by atoms with E-state index < -0.39 is 16.1 Å². The van der Waals surface area contributed by atoms with Gasteiger partial charge in [0.2, 0.25) is 0 Å². The number of rotatable bonds is 4. The van der Waals surface area contributed by atoms with Crippen LogP contribution in [0.5, 0.6) is 0 Å². The van der Waals surface area contributed by atoms with Crippen molar-refractivity contribution in [2.45, 2.75) is 58.5 Å². The Hall–Kier alpha value is -0.856. The molecule has 0 radical (unpaired) electrons. The van der Waals surface area contributed by atoms with Crippen LogP contribution in [0.1, 0.15) is 19.3 Å². The van der Waals surface area contributed by atoms with Crippen LogP contribution < -0.4 is 0 Å². The van der Waals surface area contributed by atoms with Crippen molar-refractivity contribution in [3.63, 3.8) is 0 Å². The molecular formula is C18H30OSi2. The second kappa shape index (κ2) is 6.94. The van der Waals surface area contributed by atoms with E-state index in [1.54, 1.807) is 0 Å². The first-order valence-electron chi connectivity index (χ1n) is 7.91. The lowest BCUT2D eigenvalue weighted by Gasteiger charge is -2.32. The fourth-order valence-electron chi connectivity index (χ4n) is 2.73. The summed E-state index contributed by atoms with van der Waals surface area (Å²) in [7, 11) is -2.85. The van der Waals surface area contributed by atoms with Gasteiger partial charge in [-0.05, 0) is 23.5 Å². The van der Waals surface area contributed by atoms with E-state index in [9.17, 15) is 4.79 Å². The second-order valence-electron chi connectivity index (χ2n) is 8.16. The summed E-state index contributed by atoms with van der Waals surface area (Å²) in [5.74, 6) is 4.55. The molecule has 0 unspecified atom stereocenters. The molecule has 116 valence electrons. The van der Waals surface area contributed by atoms with Gasteiger partial charge in [-0.1, -0.05) is 51.4 Å². The van der Waals surface area contributed by atoms with E-state index in [0.717, 1.165) is 18.0 Å². The summed E-state index contributed by atoms with van der Waals surface area (Å²) in [5, 5.41) is 1.13. The number of carbonyl (C=O) groups is 1. The fraction of sp³-hybridized carbons (Fsp3) is 0.611. The van der Waals surface area contributed by atoms with Crippen molar-refractivity contribution < 1.29 is 4.79 Å². The number of hydrogen-bond donors (Lipinski definition) is 0. The molecule has 0 amide bonds. The zero-order valence-corrected chi connectivity index (χ0v) is 16.5. The molecule has 0 aromatic heterocycles. The molecule has 2 atom stereocenters. The summed E-state index contributed by atoms with van der Waals surface area (Å²) in [6.07, 6.45) is 6.73. The SMILES string of the molecule is C=CC[C@H]1C=C([Si](C)(C)C)C(=O)C[C@@H]1CC#C[Si](C)(C)C. The molecule has 0 saturated heterocycles. The molecule has 3 heteroatoms. The van der Waals surface area contributed by atoms with E-state index in [1.165, 1.54) is 0 Å². The molecule has 0 heterocycles.